The minimum absolute atomic E-state index is 0.337. The summed E-state index contributed by atoms with van der Waals surface area (Å²) in [4.78, 5) is 3.39. The third-order valence-electron chi connectivity index (χ3n) is 4.92. The van der Waals surface area contributed by atoms with Gasteiger partial charge in [0.05, 0.1) is 12.6 Å². The first kappa shape index (κ1) is 14.6. The summed E-state index contributed by atoms with van der Waals surface area (Å²) in [5, 5.41) is 5.44. The van der Waals surface area contributed by atoms with E-state index in [0.29, 0.717) is 12.0 Å². The highest BCUT2D eigenvalue weighted by Crippen LogP contribution is 2.47. The van der Waals surface area contributed by atoms with Crippen molar-refractivity contribution in [3.05, 3.63) is 64.3 Å². The van der Waals surface area contributed by atoms with Gasteiger partial charge in [0.25, 0.3) is 0 Å². The highest BCUT2D eigenvalue weighted by Gasteiger charge is 2.32. The van der Waals surface area contributed by atoms with Gasteiger partial charge >= 0.3 is 0 Å². The lowest BCUT2D eigenvalue weighted by molar-refractivity contribution is 0.419. The third-order valence-corrected chi connectivity index (χ3v) is 5.16. The second-order valence-electron chi connectivity index (χ2n) is 6.03. The minimum Gasteiger partial charge on any atom is -0.495 e. The zero-order valence-electron chi connectivity index (χ0n) is 13.2. The molecule has 0 radical (unpaired) electrons. The van der Waals surface area contributed by atoms with Gasteiger partial charge in [-0.1, -0.05) is 29.8 Å². The normalized spacial score (nSPS) is 20.0. The molecule has 1 aromatic heterocycles. The highest BCUT2D eigenvalue weighted by molar-refractivity contribution is 6.30. The zero-order valence-corrected chi connectivity index (χ0v) is 13.9. The Morgan fingerprint density at radius 3 is 2.83 bits per heavy atom. The third kappa shape index (κ3) is 2.23. The quantitative estimate of drug-likeness (QED) is 0.736. The van der Waals surface area contributed by atoms with Gasteiger partial charge in [-0.2, -0.15) is 0 Å². The molecule has 0 saturated carbocycles. The number of para-hydroxylation sites is 1. The molecule has 1 heterocycles. The second kappa shape index (κ2) is 5.59. The Kier molecular flexibility index (Phi) is 3.55. The number of hydrogen-bond acceptors (Lipinski definition) is 2. The number of methoxy groups -OCH3 is 1. The molecular weight excluding hydrogens is 308 g/mol. The van der Waals surface area contributed by atoms with E-state index in [9.17, 15) is 0 Å². The number of H-pyrrole nitrogens is 1. The number of rotatable bonds is 3. The van der Waals surface area contributed by atoms with Crippen molar-refractivity contribution < 1.29 is 4.74 Å². The van der Waals surface area contributed by atoms with Gasteiger partial charge in [0.15, 0.2) is 0 Å². The smallest absolute Gasteiger partial charge is 0.142 e. The van der Waals surface area contributed by atoms with Crippen LogP contribution in [-0.2, 0) is 0 Å². The van der Waals surface area contributed by atoms with Crippen LogP contribution in [0.1, 0.15) is 35.1 Å². The van der Waals surface area contributed by atoms with E-state index < -0.39 is 0 Å². The summed E-state index contributed by atoms with van der Waals surface area (Å²) in [6.07, 6.45) is 3.16. The molecule has 2 unspecified atom stereocenters. The van der Waals surface area contributed by atoms with Gasteiger partial charge in [-0.05, 0) is 48.4 Å². The summed E-state index contributed by atoms with van der Waals surface area (Å²) in [5.41, 5.74) is 5.05. The zero-order chi connectivity index (χ0) is 16.0. The molecule has 4 rings (SSSR count). The summed E-state index contributed by atoms with van der Waals surface area (Å²) in [5.74, 6) is 1.24. The van der Waals surface area contributed by atoms with Crippen molar-refractivity contribution in [3.8, 4) is 5.75 Å². The Morgan fingerprint density at radius 1 is 1.17 bits per heavy atom. The maximum Gasteiger partial charge on any atom is 0.142 e. The van der Waals surface area contributed by atoms with Crippen molar-refractivity contribution in [3.63, 3.8) is 0 Å². The van der Waals surface area contributed by atoms with Gasteiger partial charge in [0.2, 0.25) is 0 Å². The number of benzene rings is 2. The molecule has 0 aliphatic heterocycles. The van der Waals surface area contributed by atoms with Gasteiger partial charge < -0.3 is 15.0 Å². The van der Waals surface area contributed by atoms with Crippen LogP contribution in [-0.4, -0.2) is 19.1 Å². The van der Waals surface area contributed by atoms with E-state index in [4.69, 9.17) is 16.3 Å². The summed E-state index contributed by atoms with van der Waals surface area (Å²) in [6, 6.07) is 12.8. The summed E-state index contributed by atoms with van der Waals surface area (Å²) < 4.78 is 5.47. The lowest BCUT2D eigenvalue weighted by Gasteiger charge is -2.11. The Labute approximate surface area is 140 Å². The van der Waals surface area contributed by atoms with Crippen molar-refractivity contribution in [2.45, 2.75) is 18.4 Å². The van der Waals surface area contributed by atoms with Crippen molar-refractivity contribution in [2.24, 2.45) is 0 Å². The fourth-order valence-corrected chi connectivity index (χ4v) is 4.01. The van der Waals surface area contributed by atoms with Crippen LogP contribution in [0.15, 0.2) is 42.6 Å². The largest absolute Gasteiger partial charge is 0.495 e. The monoisotopic (exact) mass is 326 g/mol. The van der Waals surface area contributed by atoms with E-state index >= 15 is 0 Å². The summed E-state index contributed by atoms with van der Waals surface area (Å²) in [7, 11) is 3.72. The van der Waals surface area contributed by atoms with E-state index in [1.54, 1.807) is 7.11 Å². The first-order valence-corrected chi connectivity index (χ1v) is 8.21. The molecule has 4 heteroatoms. The molecule has 2 N–H and O–H groups in total. The molecule has 1 aliphatic carbocycles. The van der Waals surface area contributed by atoms with E-state index in [0.717, 1.165) is 22.7 Å². The fourth-order valence-electron chi connectivity index (χ4n) is 3.83. The molecule has 0 saturated heterocycles. The predicted octanol–water partition coefficient (Wildman–Crippen LogP) is 4.63. The van der Waals surface area contributed by atoms with Crippen LogP contribution in [0.3, 0.4) is 0 Å². The average Bonchev–Trinajstić information content (AvgIpc) is 3.15. The Bertz CT molecular complexity index is 871. The molecule has 23 heavy (non-hydrogen) atoms. The van der Waals surface area contributed by atoms with Crippen LogP contribution in [0.4, 0.5) is 0 Å². The van der Waals surface area contributed by atoms with Crippen molar-refractivity contribution in [1.29, 1.82) is 0 Å². The Morgan fingerprint density at radius 2 is 2.04 bits per heavy atom. The molecule has 0 bridgehead atoms. The first-order valence-electron chi connectivity index (χ1n) is 7.83. The van der Waals surface area contributed by atoms with E-state index in [1.807, 2.05) is 25.2 Å². The number of fused-ring (bicyclic) bond motifs is 2. The van der Waals surface area contributed by atoms with Gasteiger partial charge in [0, 0.05) is 28.6 Å². The van der Waals surface area contributed by atoms with Crippen LogP contribution in [0, 0.1) is 0 Å². The number of halogens is 1. The minimum atomic E-state index is 0.337. The van der Waals surface area contributed by atoms with Gasteiger partial charge in [0.1, 0.15) is 5.75 Å². The van der Waals surface area contributed by atoms with Crippen LogP contribution in [0.25, 0.3) is 10.9 Å². The first-order chi connectivity index (χ1) is 11.2. The lowest BCUT2D eigenvalue weighted by atomic mass is 9.92. The van der Waals surface area contributed by atoms with Gasteiger partial charge in [-0.25, -0.2) is 0 Å². The molecule has 0 amide bonds. The number of hydrogen-bond donors (Lipinski definition) is 2. The molecular formula is C19H19ClN2O. The molecule has 3 nitrogen and oxygen atoms in total. The van der Waals surface area contributed by atoms with Crippen LogP contribution in [0.5, 0.6) is 5.75 Å². The Hall–Kier alpha value is -1.97. The van der Waals surface area contributed by atoms with E-state index in [-0.39, 0.29) is 0 Å². The molecule has 0 spiro atoms. The summed E-state index contributed by atoms with van der Waals surface area (Å²) in [6.45, 7) is 0. The van der Waals surface area contributed by atoms with Crippen LogP contribution >= 0.6 is 11.6 Å². The molecule has 3 aromatic rings. The van der Waals surface area contributed by atoms with Crippen molar-refractivity contribution in [1.82, 2.24) is 10.3 Å². The van der Waals surface area contributed by atoms with E-state index in [1.165, 1.54) is 22.1 Å². The average molecular weight is 327 g/mol. The van der Waals surface area contributed by atoms with Crippen molar-refractivity contribution >= 4 is 22.5 Å². The van der Waals surface area contributed by atoms with Crippen LogP contribution < -0.4 is 10.1 Å². The second-order valence-corrected chi connectivity index (χ2v) is 6.47. The topological polar surface area (TPSA) is 37.0 Å². The maximum atomic E-state index is 6.20. The number of nitrogens with one attached hydrogen (secondary N) is 2. The number of aromatic amines is 1. The van der Waals surface area contributed by atoms with Gasteiger partial charge in [-0.3, -0.25) is 0 Å². The lowest BCUT2D eigenvalue weighted by Crippen LogP contribution is -2.13. The highest BCUT2D eigenvalue weighted by atomic mass is 35.5. The molecule has 118 valence electrons. The SMILES string of the molecule is CNC1CC(c2c[nH]c3c(OC)cccc23)c2ccc(Cl)cc21. The molecule has 1 aliphatic rings. The number of ether oxygens (including phenoxy) is 1. The van der Waals surface area contributed by atoms with Crippen molar-refractivity contribution in [2.75, 3.05) is 14.2 Å². The molecule has 2 aromatic carbocycles. The summed E-state index contributed by atoms with van der Waals surface area (Å²) >= 11 is 6.20. The van der Waals surface area contributed by atoms with E-state index in [2.05, 4.69) is 34.7 Å². The Balaban J connectivity index is 1.87. The fraction of sp³-hybridized carbons (Fsp3) is 0.263. The maximum absolute atomic E-state index is 6.20. The predicted molar refractivity (Wildman–Crippen MR) is 94.6 cm³/mol. The number of aromatic nitrogens is 1. The van der Waals surface area contributed by atoms with Gasteiger partial charge in [-0.15, -0.1) is 0 Å². The molecule has 0 fully saturated rings. The van der Waals surface area contributed by atoms with Crippen LogP contribution in [0.2, 0.25) is 5.02 Å². The standard InChI is InChI=1S/C19H19ClN2O/c1-21-17-9-14(12-7-6-11(20)8-15(12)17)16-10-22-19-13(16)4-3-5-18(19)23-2/h3-8,10,14,17,21-22H,9H2,1-2H3. The molecule has 2 atom stereocenters.